The van der Waals surface area contributed by atoms with E-state index in [-0.39, 0.29) is 11.1 Å². The molecule has 0 unspecified atom stereocenters. The Kier molecular flexibility index (Phi) is 7.18. The second kappa shape index (κ2) is 9.82. The van der Waals surface area contributed by atoms with E-state index in [1.165, 1.54) is 68.4 Å². The quantitative estimate of drug-likeness (QED) is 0.370. The van der Waals surface area contributed by atoms with Crippen molar-refractivity contribution in [1.29, 1.82) is 0 Å². The van der Waals surface area contributed by atoms with Gasteiger partial charge in [0, 0.05) is 5.56 Å². The molecular formula is C25H28F2O2. The van der Waals surface area contributed by atoms with Gasteiger partial charge in [0.25, 0.3) is 0 Å². The van der Waals surface area contributed by atoms with Crippen LogP contribution in [0, 0.1) is 5.92 Å². The minimum absolute atomic E-state index is 0.0968. The van der Waals surface area contributed by atoms with Crippen LogP contribution in [-0.4, -0.2) is 5.97 Å². The molecule has 0 atom stereocenters. The Morgan fingerprint density at radius 3 is 2.07 bits per heavy atom. The molecule has 2 aromatic carbocycles. The molecule has 29 heavy (non-hydrogen) atoms. The molecule has 4 heteroatoms. The minimum atomic E-state index is -0.927. The monoisotopic (exact) mass is 398 g/mol. The van der Waals surface area contributed by atoms with Crippen LogP contribution < -0.4 is 4.74 Å². The fraction of sp³-hybridized carbons (Fsp3) is 0.400. The van der Waals surface area contributed by atoms with Crippen molar-refractivity contribution >= 4 is 11.8 Å². The Morgan fingerprint density at radius 1 is 0.931 bits per heavy atom. The summed E-state index contributed by atoms with van der Waals surface area (Å²) in [6.07, 6.45) is 7.63. The van der Waals surface area contributed by atoms with Crippen LogP contribution in [0.1, 0.15) is 79.8 Å². The van der Waals surface area contributed by atoms with Crippen molar-refractivity contribution in [3.05, 3.63) is 71.0 Å². The van der Waals surface area contributed by atoms with Crippen LogP contribution in [0.15, 0.2) is 54.4 Å². The first kappa shape index (κ1) is 21.2. The van der Waals surface area contributed by atoms with Gasteiger partial charge in [-0.3, -0.25) is 0 Å². The summed E-state index contributed by atoms with van der Waals surface area (Å²) in [6, 6.07) is 13.3. The molecule has 1 saturated carbocycles. The molecule has 0 heterocycles. The molecule has 1 aliphatic rings. The van der Waals surface area contributed by atoms with Crippen molar-refractivity contribution in [3.63, 3.8) is 0 Å². The third-order valence-corrected chi connectivity index (χ3v) is 5.78. The summed E-state index contributed by atoms with van der Waals surface area (Å²) in [5.41, 5.74) is 1.68. The Balaban J connectivity index is 1.58. The van der Waals surface area contributed by atoms with Crippen molar-refractivity contribution in [3.8, 4) is 5.75 Å². The van der Waals surface area contributed by atoms with Gasteiger partial charge in [0.2, 0.25) is 0 Å². The van der Waals surface area contributed by atoms with Crippen LogP contribution in [0.3, 0.4) is 0 Å². The topological polar surface area (TPSA) is 26.3 Å². The lowest BCUT2D eigenvalue weighted by atomic mass is 9.77. The molecule has 0 bridgehead atoms. The molecule has 0 N–H and O–H groups in total. The maximum Gasteiger partial charge on any atom is 0.343 e. The largest absolute Gasteiger partial charge is 0.423 e. The van der Waals surface area contributed by atoms with Gasteiger partial charge in [-0.05, 0) is 74.3 Å². The van der Waals surface area contributed by atoms with E-state index in [1.807, 2.05) is 24.3 Å². The second-order valence-electron chi connectivity index (χ2n) is 7.89. The van der Waals surface area contributed by atoms with Gasteiger partial charge in [0.1, 0.15) is 11.6 Å². The zero-order valence-corrected chi connectivity index (χ0v) is 17.1. The summed E-state index contributed by atoms with van der Waals surface area (Å²) in [5.74, 6) is -0.398. The molecule has 0 spiro atoms. The minimum Gasteiger partial charge on any atom is -0.423 e. The van der Waals surface area contributed by atoms with Crippen molar-refractivity contribution < 1.29 is 18.3 Å². The van der Waals surface area contributed by atoms with E-state index in [4.69, 9.17) is 4.74 Å². The third-order valence-electron chi connectivity index (χ3n) is 5.78. The number of carbonyl (C=O) groups is 1. The van der Waals surface area contributed by atoms with Gasteiger partial charge >= 0.3 is 5.97 Å². The SMILES string of the molecule is CCCC1CCC(c2ccc(OC(=O)c3ccc(/C(F)=C(/C)F)cc3)cc2)CC1. The Morgan fingerprint density at radius 2 is 1.52 bits per heavy atom. The summed E-state index contributed by atoms with van der Waals surface area (Å²) in [5, 5.41) is 0. The number of halogens is 2. The highest BCUT2D eigenvalue weighted by Crippen LogP contribution is 2.37. The summed E-state index contributed by atoms with van der Waals surface area (Å²) in [4.78, 5) is 12.3. The van der Waals surface area contributed by atoms with E-state index >= 15 is 0 Å². The highest BCUT2D eigenvalue weighted by atomic mass is 19.2. The Hall–Kier alpha value is -2.49. The first-order valence-electron chi connectivity index (χ1n) is 10.4. The van der Waals surface area contributed by atoms with Crippen LogP contribution in [0.5, 0.6) is 5.75 Å². The lowest BCUT2D eigenvalue weighted by molar-refractivity contribution is 0.0734. The zero-order valence-electron chi connectivity index (χ0n) is 17.1. The van der Waals surface area contributed by atoms with Gasteiger partial charge < -0.3 is 4.74 Å². The van der Waals surface area contributed by atoms with Crippen molar-refractivity contribution in [2.24, 2.45) is 5.92 Å². The summed E-state index contributed by atoms with van der Waals surface area (Å²) >= 11 is 0. The molecule has 3 rings (SSSR count). The van der Waals surface area contributed by atoms with E-state index in [0.717, 1.165) is 12.8 Å². The first-order valence-corrected chi connectivity index (χ1v) is 10.4. The highest BCUT2D eigenvalue weighted by molar-refractivity contribution is 5.91. The van der Waals surface area contributed by atoms with Crippen LogP contribution in [-0.2, 0) is 0 Å². The van der Waals surface area contributed by atoms with Crippen molar-refractivity contribution in [2.45, 2.75) is 58.3 Å². The summed E-state index contributed by atoms with van der Waals surface area (Å²) < 4.78 is 32.0. The standard InChI is InChI=1S/C25H28F2O2/c1-3-4-18-5-7-19(8-6-18)20-13-15-23(16-14-20)29-25(28)22-11-9-21(10-12-22)24(27)17(2)26/h9-16,18-19H,3-8H2,1-2H3/b24-17+. The fourth-order valence-corrected chi connectivity index (χ4v) is 4.12. The predicted octanol–water partition coefficient (Wildman–Crippen LogP) is 7.61. The van der Waals surface area contributed by atoms with E-state index in [0.29, 0.717) is 11.7 Å². The van der Waals surface area contributed by atoms with Crippen molar-refractivity contribution in [2.75, 3.05) is 0 Å². The molecule has 0 aromatic heterocycles. The predicted molar refractivity (Wildman–Crippen MR) is 112 cm³/mol. The number of rotatable bonds is 6. The van der Waals surface area contributed by atoms with Gasteiger partial charge in [-0.1, -0.05) is 44.0 Å². The molecule has 1 fully saturated rings. The van der Waals surface area contributed by atoms with Gasteiger partial charge in [-0.25, -0.2) is 13.6 Å². The lowest BCUT2D eigenvalue weighted by Gasteiger charge is -2.28. The molecule has 0 amide bonds. The van der Waals surface area contributed by atoms with Crippen LogP contribution in [0.25, 0.3) is 5.83 Å². The second-order valence-corrected chi connectivity index (χ2v) is 7.89. The van der Waals surface area contributed by atoms with E-state index < -0.39 is 17.6 Å². The van der Waals surface area contributed by atoms with E-state index in [2.05, 4.69) is 6.92 Å². The number of esters is 1. The average molecular weight is 398 g/mol. The van der Waals surface area contributed by atoms with E-state index in [1.54, 1.807) is 0 Å². The van der Waals surface area contributed by atoms with Crippen LogP contribution >= 0.6 is 0 Å². The van der Waals surface area contributed by atoms with Crippen LogP contribution in [0.4, 0.5) is 8.78 Å². The molecular weight excluding hydrogens is 370 g/mol. The molecule has 0 radical (unpaired) electrons. The number of benzene rings is 2. The van der Waals surface area contributed by atoms with Crippen molar-refractivity contribution in [1.82, 2.24) is 0 Å². The number of carbonyl (C=O) groups excluding carboxylic acids is 1. The molecule has 2 aromatic rings. The highest BCUT2D eigenvalue weighted by Gasteiger charge is 2.22. The Labute approximate surface area is 171 Å². The lowest BCUT2D eigenvalue weighted by Crippen LogP contribution is -2.13. The van der Waals surface area contributed by atoms with Gasteiger partial charge in [0.15, 0.2) is 5.83 Å². The molecule has 0 saturated heterocycles. The van der Waals surface area contributed by atoms with Crippen LogP contribution in [0.2, 0.25) is 0 Å². The maximum atomic E-state index is 13.6. The molecule has 0 aliphatic heterocycles. The normalized spacial score (nSPS) is 20.1. The molecule has 1 aliphatic carbocycles. The van der Waals surface area contributed by atoms with Gasteiger partial charge in [-0.15, -0.1) is 0 Å². The number of ether oxygens (including phenoxy) is 1. The number of hydrogen-bond donors (Lipinski definition) is 0. The molecule has 154 valence electrons. The third kappa shape index (κ3) is 5.53. The first-order chi connectivity index (χ1) is 14.0. The Bertz CT molecular complexity index is 841. The fourth-order valence-electron chi connectivity index (χ4n) is 4.12. The van der Waals surface area contributed by atoms with Gasteiger partial charge in [0.05, 0.1) is 5.56 Å². The maximum absolute atomic E-state index is 13.6. The summed E-state index contributed by atoms with van der Waals surface area (Å²) in [7, 11) is 0. The average Bonchev–Trinajstić information content (AvgIpc) is 2.74. The smallest absolute Gasteiger partial charge is 0.343 e. The number of allylic oxidation sites excluding steroid dienone is 1. The zero-order chi connectivity index (χ0) is 20.8. The summed E-state index contributed by atoms with van der Waals surface area (Å²) in [6.45, 7) is 3.30. The number of hydrogen-bond acceptors (Lipinski definition) is 2. The molecule has 2 nitrogen and oxygen atoms in total. The van der Waals surface area contributed by atoms with Gasteiger partial charge in [-0.2, -0.15) is 0 Å². The van der Waals surface area contributed by atoms with E-state index in [9.17, 15) is 13.6 Å².